The Morgan fingerprint density at radius 1 is 1.26 bits per heavy atom. The van der Waals surface area contributed by atoms with E-state index < -0.39 is 11.9 Å². The maximum Gasteiger partial charge on any atom is 0.234 e. The Bertz CT molecular complexity index is 429. The van der Waals surface area contributed by atoms with Crippen LogP contribution in [0.3, 0.4) is 0 Å². The average Bonchev–Trinajstić information content (AvgIpc) is 2.36. The van der Waals surface area contributed by atoms with E-state index >= 15 is 0 Å². The van der Waals surface area contributed by atoms with Crippen molar-refractivity contribution in [3.63, 3.8) is 0 Å². The van der Waals surface area contributed by atoms with Crippen LogP contribution in [-0.2, 0) is 16.0 Å². The van der Waals surface area contributed by atoms with Gasteiger partial charge in [0, 0.05) is 6.42 Å². The third kappa shape index (κ3) is 6.01. The van der Waals surface area contributed by atoms with Gasteiger partial charge in [-0.2, -0.15) is 0 Å². The maximum absolute atomic E-state index is 10.8. The second kappa shape index (κ2) is 7.53. The Labute approximate surface area is 112 Å². The molecule has 0 spiro atoms. The molecule has 0 radical (unpaired) electrons. The SMILES string of the molecule is CC(=O)CCCOc1ccc(C[C@H](N)C(N)=O)cc1. The molecular formula is C14H20N2O3. The Morgan fingerprint density at radius 2 is 1.89 bits per heavy atom. The largest absolute Gasteiger partial charge is 0.494 e. The van der Waals surface area contributed by atoms with E-state index in [2.05, 4.69) is 0 Å². The zero-order valence-corrected chi connectivity index (χ0v) is 11.1. The number of Topliss-reactive ketones (excluding diaryl/α,β-unsaturated/α-hetero) is 1. The van der Waals surface area contributed by atoms with Crippen LogP contribution in [0, 0.1) is 0 Å². The molecule has 0 heterocycles. The zero-order valence-electron chi connectivity index (χ0n) is 11.1. The Morgan fingerprint density at radius 3 is 2.42 bits per heavy atom. The first-order valence-electron chi connectivity index (χ1n) is 6.25. The van der Waals surface area contributed by atoms with E-state index in [0.29, 0.717) is 25.9 Å². The first kappa shape index (κ1) is 15.2. The number of carbonyl (C=O) groups is 2. The van der Waals surface area contributed by atoms with Crippen LogP contribution in [-0.4, -0.2) is 24.3 Å². The van der Waals surface area contributed by atoms with Crippen molar-refractivity contribution < 1.29 is 14.3 Å². The van der Waals surface area contributed by atoms with Crippen molar-refractivity contribution >= 4 is 11.7 Å². The summed E-state index contributed by atoms with van der Waals surface area (Å²) in [6, 6.07) is 6.67. The fraction of sp³-hybridized carbons (Fsp3) is 0.429. The molecule has 5 heteroatoms. The van der Waals surface area contributed by atoms with Crippen LogP contribution < -0.4 is 16.2 Å². The number of carbonyl (C=O) groups excluding carboxylic acids is 2. The van der Waals surface area contributed by atoms with Gasteiger partial charge in [-0.1, -0.05) is 12.1 Å². The molecule has 0 bridgehead atoms. The summed E-state index contributed by atoms with van der Waals surface area (Å²) < 4.78 is 5.49. The highest BCUT2D eigenvalue weighted by molar-refractivity contribution is 5.79. The van der Waals surface area contributed by atoms with Gasteiger partial charge in [-0.15, -0.1) is 0 Å². The number of hydrogen-bond donors (Lipinski definition) is 2. The molecule has 0 aliphatic rings. The molecule has 0 fully saturated rings. The smallest absolute Gasteiger partial charge is 0.234 e. The Balaban J connectivity index is 2.39. The van der Waals surface area contributed by atoms with Crippen LogP contribution >= 0.6 is 0 Å². The topological polar surface area (TPSA) is 95.4 Å². The van der Waals surface area contributed by atoms with E-state index in [9.17, 15) is 9.59 Å². The minimum atomic E-state index is -0.665. The number of amides is 1. The summed E-state index contributed by atoms with van der Waals surface area (Å²) >= 11 is 0. The molecule has 19 heavy (non-hydrogen) atoms. The summed E-state index contributed by atoms with van der Waals surface area (Å²) in [7, 11) is 0. The predicted molar refractivity (Wildman–Crippen MR) is 72.7 cm³/mol. The van der Waals surface area contributed by atoms with Gasteiger partial charge in [0.1, 0.15) is 11.5 Å². The second-order valence-corrected chi connectivity index (χ2v) is 4.51. The van der Waals surface area contributed by atoms with Crippen molar-refractivity contribution in [1.29, 1.82) is 0 Å². The third-order valence-electron chi connectivity index (χ3n) is 2.69. The van der Waals surface area contributed by atoms with Gasteiger partial charge >= 0.3 is 0 Å². The Kier molecular flexibility index (Phi) is 6.02. The molecule has 4 N–H and O–H groups in total. The van der Waals surface area contributed by atoms with Crippen LogP contribution in [0.15, 0.2) is 24.3 Å². The average molecular weight is 264 g/mol. The minimum Gasteiger partial charge on any atom is -0.494 e. The van der Waals surface area contributed by atoms with Gasteiger partial charge in [0.25, 0.3) is 0 Å². The quantitative estimate of drug-likeness (QED) is 0.678. The van der Waals surface area contributed by atoms with Crippen molar-refractivity contribution in [1.82, 2.24) is 0 Å². The van der Waals surface area contributed by atoms with Gasteiger partial charge in [0.15, 0.2) is 0 Å². The van der Waals surface area contributed by atoms with Crippen LogP contribution in [0.25, 0.3) is 0 Å². The number of ether oxygens (including phenoxy) is 1. The second-order valence-electron chi connectivity index (χ2n) is 4.51. The van der Waals surface area contributed by atoms with Crippen molar-refractivity contribution in [2.24, 2.45) is 11.5 Å². The third-order valence-corrected chi connectivity index (χ3v) is 2.69. The highest BCUT2D eigenvalue weighted by Crippen LogP contribution is 2.13. The van der Waals surface area contributed by atoms with E-state index in [1.54, 1.807) is 6.92 Å². The minimum absolute atomic E-state index is 0.166. The molecule has 0 saturated carbocycles. The van der Waals surface area contributed by atoms with Gasteiger partial charge in [-0.05, 0) is 37.5 Å². The summed E-state index contributed by atoms with van der Waals surface area (Å²) in [4.78, 5) is 21.6. The fourth-order valence-corrected chi connectivity index (χ4v) is 1.59. The van der Waals surface area contributed by atoms with Gasteiger partial charge < -0.3 is 21.0 Å². The van der Waals surface area contributed by atoms with Gasteiger partial charge in [-0.3, -0.25) is 4.79 Å². The lowest BCUT2D eigenvalue weighted by Crippen LogP contribution is -2.38. The molecule has 1 aromatic carbocycles. The van der Waals surface area contributed by atoms with Crippen molar-refractivity contribution in [2.75, 3.05) is 6.61 Å². The van der Waals surface area contributed by atoms with E-state index in [4.69, 9.17) is 16.2 Å². The number of nitrogens with two attached hydrogens (primary N) is 2. The summed E-state index contributed by atoms with van der Waals surface area (Å²) in [5, 5.41) is 0. The first-order valence-corrected chi connectivity index (χ1v) is 6.25. The van der Waals surface area contributed by atoms with Gasteiger partial charge in [0.2, 0.25) is 5.91 Å². The molecule has 1 aromatic rings. The van der Waals surface area contributed by atoms with E-state index in [1.807, 2.05) is 24.3 Å². The molecule has 0 aliphatic heterocycles. The van der Waals surface area contributed by atoms with E-state index in [0.717, 1.165) is 11.3 Å². The normalized spacial score (nSPS) is 11.9. The lowest BCUT2D eigenvalue weighted by molar-refractivity contribution is -0.119. The molecule has 0 aliphatic carbocycles. The zero-order chi connectivity index (χ0) is 14.3. The molecule has 0 saturated heterocycles. The molecule has 104 valence electrons. The number of benzene rings is 1. The van der Waals surface area contributed by atoms with Crippen molar-refractivity contribution in [3.05, 3.63) is 29.8 Å². The number of hydrogen-bond acceptors (Lipinski definition) is 4. The molecule has 1 amide bonds. The van der Waals surface area contributed by atoms with Gasteiger partial charge in [0.05, 0.1) is 12.6 Å². The van der Waals surface area contributed by atoms with E-state index in [-0.39, 0.29) is 5.78 Å². The number of primary amides is 1. The van der Waals surface area contributed by atoms with Crippen LogP contribution in [0.4, 0.5) is 0 Å². The predicted octanol–water partition coefficient (Wildman–Crippen LogP) is 0.790. The lowest BCUT2D eigenvalue weighted by Gasteiger charge is -2.09. The molecular weight excluding hydrogens is 244 g/mol. The molecule has 1 rings (SSSR count). The first-order chi connectivity index (χ1) is 8.99. The van der Waals surface area contributed by atoms with Crippen LogP contribution in [0.1, 0.15) is 25.3 Å². The highest BCUT2D eigenvalue weighted by Gasteiger charge is 2.09. The van der Waals surface area contributed by atoms with E-state index in [1.165, 1.54) is 0 Å². The van der Waals surface area contributed by atoms with Crippen molar-refractivity contribution in [2.45, 2.75) is 32.2 Å². The van der Waals surface area contributed by atoms with Crippen LogP contribution in [0.5, 0.6) is 5.75 Å². The molecule has 1 atom stereocenters. The Hall–Kier alpha value is -1.88. The molecule has 0 aromatic heterocycles. The van der Waals surface area contributed by atoms with Crippen LogP contribution in [0.2, 0.25) is 0 Å². The summed E-state index contributed by atoms with van der Waals surface area (Å²) in [6.07, 6.45) is 1.66. The monoisotopic (exact) mass is 264 g/mol. The van der Waals surface area contributed by atoms with Crippen molar-refractivity contribution in [3.8, 4) is 5.75 Å². The summed E-state index contributed by atoms with van der Waals surface area (Å²) in [6.45, 7) is 2.08. The summed E-state index contributed by atoms with van der Waals surface area (Å²) in [5.41, 5.74) is 11.6. The number of rotatable bonds is 8. The highest BCUT2D eigenvalue weighted by atomic mass is 16.5. The number of ketones is 1. The standard InChI is InChI=1S/C14H20N2O3/c1-10(17)3-2-8-19-12-6-4-11(5-7-12)9-13(15)14(16)18/h4-7,13H,2-3,8-9,15H2,1H3,(H2,16,18)/t13-/m0/s1. The molecule has 5 nitrogen and oxygen atoms in total. The molecule has 0 unspecified atom stereocenters. The fourth-order valence-electron chi connectivity index (χ4n) is 1.59. The lowest BCUT2D eigenvalue weighted by atomic mass is 10.1. The van der Waals surface area contributed by atoms with Gasteiger partial charge in [-0.25, -0.2) is 0 Å². The maximum atomic E-state index is 10.8. The summed E-state index contributed by atoms with van der Waals surface area (Å²) in [5.74, 6) is 0.392.